The van der Waals surface area contributed by atoms with Gasteiger partial charge in [0.15, 0.2) is 0 Å². The monoisotopic (exact) mass is 208 g/mol. The van der Waals surface area contributed by atoms with Gasteiger partial charge in [0, 0.05) is 5.41 Å². The molecule has 0 heterocycles. The maximum atomic E-state index is 10.6. The van der Waals surface area contributed by atoms with Crippen LogP contribution in [0.1, 0.15) is 52.9 Å². The van der Waals surface area contributed by atoms with E-state index in [-0.39, 0.29) is 5.41 Å². The second-order valence-electron chi connectivity index (χ2n) is 4.59. The SMILES string of the molecule is CCC=CCCCC=CCC(C)(C)C=O. The molecule has 0 amide bonds. The fourth-order valence-electron chi connectivity index (χ4n) is 1.19. The normalized spacial score (nSPS) is 12.7. The van der Waals surface area contributed by atoms with Crippen LogP contribution in [-0.4, -0.2) is 6.29 Å². The number of hydrogen-bond acceptors (Lipinski definition) is 1. The van der Waals surface area contributed by atoms with Crippen LogP contribution >= 0.6 is 0 Å². The van der Waals surface area contributed by atoms with E-state index in [0.29, 0.717) is 0 Å². The molecule has 0 radical (unpaired) electrons. The van der Waals surface area contributed by atoms with Crippen molar-refractivity contribution in [3.63, 3.8) is 0 Å². The second-order valence-corrected chi connectivity index (χ2v) is 4.59. The zero-order valence-corrected chi connectivity index (χ0v) is 10.3. The fraction of sp³-hybridized carbons (Fsp3) is 0.643. The molecule has 0 aromatic rings. The smallest absolute Gasteiger partial charge is 0.125 e. The molecule has 0 atom stereocenters. The van der Waals surface area contributed by atoms with Crippen LogP contribution in [0, 0.1) is 5.41 Å². The molecular formula is C14H24O. The van der Waals surface area contributed by atoms with Crippen molar-refractivity contribution in [2.24, 2.45) is 5.41 Å². The summed E-state index contributed by atoms with van der Waals surface area (Å²) in [5, 5.41) is 0. The number of allylic oxidation sites excluding steroid dienone is 4. The summed E-state index contributed by atoms with van der Waals surface area (Å²) in [7, 11) is 0. The molecule has 0 bridgehead atoms. The van der Waals surface area contributed by atoms with Crippen molar-refractivity contribution < 1.29 is 4.79 Å². The summed E-state index contributed by atoms with van der Waals surface area (Å²) in [6, 6.07) is 0. The summed E-state index contributed by atoms with van der Waals surface area (Å²) in [6.45, 7) is 6.08. The van der Waals surface area contributed by atoms with Gasteiger partial charge in [-0.15, -0.1) is 0 Å². The minimum atomic E-state index is -0.196. The van der Waals surface area contributed by atoms with E-state index in [9.17, 15) is 4.79 Å². The van der Waals surface area contributed by atoms with Crippen LogP contribution in [0.2, 0.25) is 0 Å². The van der Waals surface area contributed by atoms with E-state index in [1.165, 1.54) is 6.42 Å². The lowest BCUT2D eigenvalue weighted by molar-refractivity contribution is -0.114. The van der Waals surface area contributed by atoms with Crippen LogP contribution in [0.15, 0.2) is 24.3 Å². The second kappa shape index (κ2) is 8.46. The van der Waals surface area contributed by atoms with Gasteiger partial charge in [0.1, 0.15) is 6.29 Å². The van der Waals surface area contributed by atoms with Crippen molar-refractivity contribution in [1.29, 1.82) is 0 Å². The Hall–Kier alpha value is -0.850. The predicted octanol–water partition coefficient (Wildman–Crippen LogP) is 4.29. The highest BCUT2D eigenvalue weighted by Gasteiger charge is 2.13. The number of carbonyl (C=O) groups excluding carboxylic acids is 1. The first-order valence-electron chi connectivity index (χ1n) is 5.88. The summed E-state index contributed by atoms with van der Waals surface area (Å²) in [6.07, 6.45) is 15.2. The van der Waals surface area contributed by atoms with Gasteiger partial charge in [-0.2, -0.15) is 0 Å². The average Bonchev–Trinajstić information content (AvgIpc) is 2.22. The molecule has 1 heteroatoms. The third-order valence-electron chi connectivity index (χ3n) is 2.27. The Morgan fingerprint density at radius 3 is 2.13 bits per heavy atom. The van der Waals surface area contributed by atoms with Gasteiger partial charge in [0.2, 0.25) is 0 Å². The molecule has 0 aliphatic carbocycles. The molecule has 15 heavy (non-hydrogen) atoms. The van der Waals surface area contributed by atoms with Gasteiger partial charge in [0.25, 0.3) is 0 Å². The van der Waals surface area contributed by atoms with Crippen LogP contribution in [0.5, 0.6) is 0 Å². The third kappa shape index (κ3) is 9.45. The van der Waals surface area contributed by atoms with Crippen LogP contribution in [0.25, 0.3) is 0 Å². The Morgan fingerprint density at radius 1 is 1.00 bits per heavy atom. The number of rotatable bonds is 8. The molecule has 1 nitrogen and oxygen atoms in total. The minimum Gasteiger partial charge on any atom is -0.303 e. The first kappa shape index (κ1) is 14.2. The number of carbonyl (C=O) groups is 1. The Bertz CT molecular complexity index is 211. The highest BCUT2D eigenvalue weighted by Crippen LogP contribution is 2.17. The van der Waals surface area contributed by atoms with Crippen molar-refractivity contribution in [3.8, 4) is 0 Å². The lowest BCUT2D eigenvalue weighted by Crippen LogP contribution is -2.10. The highest BCUT2D eigenvalue weighted by molar-refractivity contribution is 5.58. The number of aldehydes is 1. The molecule has 0 unspecified atom stereocenters. The topological polar surface area (TPSA) is 17.1 Å². The van der Waals surface area contributed by atoms with Crippen molar-refractivity contribution >= 4 is 6.29 Å². The van der Waals surface area contributed by atoms with E-state index in [1.807, 2.05) is 13.8 Å². The van der Waals surface area contributed by atoms with E-state index < -0.39 is 0 Å². The number of hydrogen-bond donors (Lipinski definition) is 0. The van der Waals surface area contributed by atoms with E-state index >= 15 is 0 Å². The molecule has 0 aliphatic rings. The average molecular weight is 208 g/mol. The van der Waals surface area contributed by atoms with Crippen LogP contribution in [-0.2, 0) is 4.79 Å². The zero-order valence-electron chi connectivity index (χ0n) is 10.3. The Morgan fingerprint density at radius 2 is 1.60 bits per heavy atom. The summed E-state index contributed by atoms with van der Waals surface area (Å²) in [5.41, 5.74) is -0.196. The van der Waals surface area contributed by atoms with Crippen molar-refractivity contribution in [2.75, 3.05) is 0 Å². The molecule has 0 aromatic heterocycles. The predicted molar refractivity (Wildman–Crippen MR) is 66.9 cm³/mol. The first-order valence-corrected chi connectivity index (χ1v) is 5.88. The van der Waals surface area contributed by atoms with Gasteiger partial charge in [0.05, 0.1) is 0 Å². The molecular weight excluding hydrogens is 184 g/mol. The Kier molecular flexibility index (Phi) is 7.98. The van der Waals surface area contributed by atoms with Gasteiger partial charge in [-0.05, 0) is 32.1 Å². The van der Waals surface area contributed by atoms with Crippen LogP contribution in [0.3, 0.4) is 0 Å². The summed E-state index contributed by atoms with van der Waals surface area (Å²) < 4.78 is 0. The van der Waals surface area contributed by atoms with Crippen LogP contribution in [0.4, 0.5) is 0 Å². The van der Waals surface area contributed by atoms with E-state index in [2.05, 4.69) is 31.2 Å². The molecule has 0 saturated carbocycles. The molecule has 0 N–H and O–H groups in total. The van der Waals surface area contributed by atoms with Crippen molar-refractivity contribution in [3.05, 3.63) is 24.3 Å². The Labute approximate surface area is 94.3 Å². The van der Waals surface area contributed by atoms with Gasteiger partial charge < -0.3 is 4.79 Å². The molecule has 0 rings (SSSR count). The summed E-state index contributed by atoms with van der Waals surface area (Å²) >= 11 is 0. The number of unbranched alkanes of at least 4 members (excludes halogenated alkanes) is 2. The maximum absolute atomic E-state index is 10.6. The first-order chi connectivity index (χ1) is 7.12. The van der Waals surface area contributed by atoms with Gasteiger partial charge >= 0.3 is 0 Å². The molecule has 0 fully saturated rings. The molecule has 86 valence electrons. The van der Waals surface area contributed by atoms with Crippen LogP contribution < -0.4 is 0 Å². The molecule has 0 aliphatic heterocycles. The van der Waals surface area contributed by atoms with Gasteiger partial charge in [-0.25, -0.2) is 0 Å². The molecule has 0 aromatic carbocycles. The molecule has 0 saturated heterocycles. The third-order valence-corrected chi connectivity index (χ3v) is 2.27. The zero-order chi connectivity index (χ0) is 11.6. The lowest BCUT2D eigenvalue weighted by Gasteiger charge is -2.12. The highest BCUT2D eigenvalue weighted by atomic mass is 16.1. The van der Waals surface area contributed by atoms with Gasteiger partial charge in [-0.1, -0.05) is 45.1 Å². The largest absolute Gasteiger partial charge is 0.303 e. The fourth-order valence-corrected chi connectivity index (χ4v) is 1.19. The van der Waals surface area contributed by atoms with Crippen molar-refractivity contribution in [2.45, 2.75) is 52.9 Å². The van der Waals surface area contributed by atoms with Crippen molar-refractivity contribution in [1.82, 2.24) is 0 Å². The van der Waals surface area contributed by atoms with Gasteiger partial charge in [-0.3, -0.25) is 0 Å². The summed E-state index contributed by atoms with van der Waals surface area (Å²) in [5.74, 6) is 0. The van der Waals surface area contributed by atoms with E-state index in [4.69, 9.17) is 0 Å². The summed E-state index contributed by atoms with van der Waals surface area (Å²) in [4.78, 5) is 10.6. The lowest BCUT2D eigenvalue weighted by atomic mass is 9.91. The van der Waals surface area contributed by atoms with E-state index in [1.54, 1.807) is 0 Å². The quantitative estimate of drug-likeness (QED) is 0.330. The minimum absolute atomic E-state index is 0.196. The Balaban J connectivity index is 3.47. The van der Waals surface area contributed by atoms with E-state index in [0.717, 1.165) is 32.0 Å². The maximum Gasteiger partial charge on any atom is 0.125 e. The standard InChI is InChI=1S/C14H24O/c1-4-5-6-7-8-9-10-11-12-14(2,3)13-15/h5-6,10-11,13H,4,7-9,12H2,1-3H3. The molecule has 0 spiro atoms.